The molecule has 1 aliphatic rings. The monoisotopic (exact) mass is 297 g/mol. The van der Waals surface area contributed by atoms with Crippen LogP contribution in [0.4, 0.5) is 0 Å². The van der Waals surface area contributed by atoms with Gasteiger partial charge in [0.1, 0.15) is 0 Å². The first-order valence-electron chi connectivity index (χ1n) is 5.85. The van der Waals surface area contributed by atoms with Crippen molar-refractivity contribution in [2.24, 2.45) is 11.8 Å². The first-order chi connectivity index (χ1) is 8.16. The van der Waals surface area contributed by atoms with Crippen LogP contribution in [0.2, 0.25) is 0 Å². The molecule has 4 heteroatoms. The number of benzene rings is 1. The van der Waals surface area contributed by atoms with Gasteiger partial charge in [0, 0.05) is 11.0 Å². The summed E-state index contributed by atoms with van der Waals surface area (Å²) in [6.07, 6.45) is 1.79. The van der Waals surface area contributed by atoms with Crippen LogP contribution < -0.4 is 5.32 Å². The molecule has 0 radical (unpaired) electrons. The second-order valence-corrected chi connectivity index (χ2v) is 5.44. The van der Waals surface area contributed by atoms with Gasteiger partial charge in [0.15, 0.2) is 0 Å². The molecule has 1 heterocycles. The molecule has 2 rings (SSSR count). The molecule has 2 unspecified atom stereocenters. The topological polar surface area (TPSA) is 49.3 Å². The van der Waals surface area contributed by atoms with Gasteiger partial charge in [-0.25, -0.2) is 0 Å². The van der Waals surface area contributed by atoms with Crippen LogP contribution in [-0.2, 0) is 11.2 Å². The highest BCUT2D eigenvalue weighted by atomic mass is 79.9. The zero-order valence-corrected chi connectivity index (χ0v) is 11.1. The summed E-state index contributed by atoms with van der Waals surface area (Å²) in [6.45, 7) is 1.52. The normalized spacial score (nSPS) is 24.5. The van der Waals surface area contributed by atoms with E-state index in [9.17, 15) is 9.90 Å². The van der Waals surface area contributed by atoms with E-state index in [1.54, 1.807) is 0 Å². The van der Waals surface area contributed by atoms with Gasteiger partial charge in [0.05, 0.1) is 5.92 Å². The third-order valence-electron chi connectivity index (χ3n) is 3.35. The molecule has 0 spiro atoms. The average molecular weight is 298 g/mol. The van der Waals surface area contributed by atoms with Gasteiger partial charge in [-0.2, -0.15) is 0 Å². The Kier molecular flexibility index (Phi) is 4.18. The molecular weight excluding hydrogens is 282 g/mol. The van der Waals surface area contributed by atoms with Crippen molar-refractivity contribution in [3.05, 3.63) is 34.3 Å². The van der Waals surface area contributed by atoms with Gasteiger partial charge >= 0.3 is 5.97 Å². The lowest BCUT2D eigenvalue weighted by Gasteiger charge is -2.29. The van der Waals surface area contributed by atoms with Crippen LogP contribution in [0.5, 0.6) is 0 Å². The standard InChI is InChI=1S/C13H16BrNO2/c14-11-3-1-9(2-4-11)7-10-5-6-15-8-12(10)13(16)17/h1-4,10,12,15H,5-8H2,(H,16,17). The Morgan fingerprint density at radius 1 is 1.41 bits per heavy atom. The van der Waals surface area contributed by atoms with E-state index >= 15 is 0 Å². The van der Waals surface area contributed by atoms with E-state index in [1.165, 1.54) is 5.56 Å². The lowest BCUT2D eigenvalue weighted by atomic mass is 9.82. The predicted molar refractivity (Wildman–Crippen MR) is 69.9 cm³/mol. The number of carbonyl (C=O) groups is 1. The number of hydrogen-bond acceptors (Lipinski definition) is 2. The van der Waals surface area contributed by atoms with Gasteiger partial charge in [-0.1, -0.05) is 28.1 Å². The highest BCUT2D eigenvalue weighted by Crippen LogP contribution is 2.24. The van der Waals surface area contributed by atoms with Gasteiger partial charge in [-0.3, -0.25) is 4.79 Å². The number of hydrogen-bond donors (Lipinski definition) is 2. The van der Waals surface area contributed by atoms with E-state index in [0.29, 0.717) is 6.54 Å². The van der Waals surface area contributed by atoms with Gasteiger partial charge < -0.3 is 10.4 Å². The first-order valence-corrected chi connectivity index (χ1v) is 6.64. The zero-order valence-electron chi connectivity index (χ0n) is 9.53. The van der Waals surface area contributed by atoms with E-state index in [-0.39, 0.29) is 11.8 Å². The summed E-state index contributed by atoms with van der Waals surface area (Å²) in [5.41, 5.74) is 1.21. The molecule has 2 N–H and O–H groups in total. The predicted octanol–water partition coefficient (Wildman–Crippen LogP) is 2.30. The Hall–Kier alpha value is -0.870. The molecule has 0 amide bonds. The first kappa shape index (κ1) is 12.6. The molecule has 1 aromatic carbocycles. The summed E-state index contributed by atoms with van der Waals surface area (Å²) in [7, 11) is 0. The second kappa shape index (κ2) is 5.65. The van der Waals surface area contributed by atoms with Crippen LogP contribution in [-0.4, -0.2) is 24.2 Å². The van der Waals surface area contributed by atoms with Crippen molar-refractivity contribution in [3.8, 4) is 0 Å². The van der Waals surface area contributed by atoms with Crippen molar-refractivity contribution in [1.82, 2.24) is 5.32 Å². The van der Waals surface area contributed by atoms with Crippen LogP contribution in [0.25, 0.3) is 0 Å². The molecule has 2 atom stereocenters. The number of nitrogens with one attached hydrogen (secondary N) is 1. The van der Waals surface area contributed by atoms with E-state index in [0.717, 1.165) is 23.9 Å². The maximum absolute atomic E-state index is 11.2. The summed E-state index contributed by atoms with van der Waals surface area (Å²) < 4.78 is 1.06. The van der Waals surface area contributed by atoms with Crippen molar-refractivity contribution >= 4 is 21.9 Å². The van der Waals surface area contributed by atoms with Crippen LogP contribution in [0, 0.1) is 11.8 Å². The smallest absolute Gasteiger partial charge is 0.308 e. The number of carboxylic acid groups (broad SMARTS) is 1. The Balaban J connectivity index is 2.05. The van der Waals surface area contributed by atoms with Crippen molar-refractivity contribution in [3.63, 3.8) is 0 Å². The van der Waals surface area contributed by atoms with Gasteiger partial charge in [0.2, 0.25) is 0 Å². The lowest BCUT2D eigenvalue weighted by molar-refractivity contribution is -0.144. The third-order valence-corrected chi connectivity index (χ3v) is 3.88. The molecule has 1 aliphatic heterocycles. The maximum atomic E-state index is 11.2. The molecular formula is C13H16BrNO2. The van der Waals surface area contributed by atoms with E-state index in [4.69, 9.17) is 0 Å². The van der Waals surface area contributed by atoms with Crippen LogP contribution in [0.15, 0.2) is 28.7 Å². The van der Waals surface area contributed by atoms with Crippen LogP contribution >= 0.6 is 15.9 Å². The SMILES string of the molecule is O=C(O)C1CNCCC1Cc1ccc(Br)cc1. The molecule has 1 saturated heterocycles. The molecule has 3 nitrogen and oxygen atoms in total. The Morgan fingerprint density at radius 2 is 2.12 bits per heavy atom. The van der Waals surface area contributed by atoms with E-state index in [1.807, 2.05) is 12.1 Å². The number of aliphatic carboxylic acids is 1. The molecule has 0 bridgehead atoms. The van der Waals surface area contributed by atoms with Crippen molar-refractivity contribution in [2.45, 2.75) is 12.8 Å². The van der Waals surface area contributed by atoms with Gasteiger partial charge in [0.25, 0.3) is 0 Å². The zero-order chi connectivity index (χ0) is 12.3. The summed E-state index contributed by atoms with van der Waals surface area (Å²) in [5.74, 6) is -0.693. The quantitative estimate of drug-likeness (QED) is 0.900. The minimum atomic E-state index is -0.681. The Bertz CT molecular complexity index is 391. The Labute approximate surface area is 109 Å². The number of rotatable bonds is 3. The molecule has 1 aromatic rings. The fraction of sp³-hybridized carbons (Fsp3) is 0.462. The van der Waals surface area contributed by atoms with Crippen molar-refractivity contribution in [1.29, 1.82) is 0 Å². The van der Waals surface area contributed by atoms with Crippen molar-refractivity contribution in [2.75, 3.05) is 13.1 Å². The minimum Gasteiger partial charge on any atom is -0.481 e. The number of piperidine rings is 1. The van der Waals surface area contributed by atoms with Crippen LogP contribution in [0.1, 0.15) is 12.0 Å². The highest BCUT2D eigenvalue weighted by Gasteiger charge is 2.30. The fourth-order valence-electron chi connectivity index (χ4n) is 2.37. The fourth-order valence-corrected chi connectivity index (χ4v) is 2.63. The molecule has 0 saturated carbocycles. The van der Waals surface area contributed by atoms with Gasteiger partial charge in [-0.15, -0.1) is 0 Å². The number of halogens is 1. The third kappa shape index (κ3) is 3.30. The lowest BCUT2D eigenvalue weighted by Crippen LogP contribution is -2.41. The highest BCUT2D eigenvalue weighted by molar-refractivity contribution is 9.10. The van der Waals surface area contributed by atoms with Crippen LogP contribution in [0.3, 0.4) is 0 Å². The van der Waals surface area contributed by atoms with E-state index < -0.39 is 5.97 Å². The molecule has 17 heavy (non-hydrogen) atoms. The number of carboxylic acids is 1. The van der Waals surface area contributed by atoms with Gasteiger partial charge in [-0.05, 0) is 43.0 Å². The summed E-state index contributed by atoms with van der Waals surface area (Å²) in [6, 6.07) is 8.13. The van der Waals surface area contributed by atoms with E-state index in [2.05, 4.69) is 33.4 Å². The summed E-state index contributed by atoms with van der Waals surface area (Å²) in [4.78, 5) is 11.2. The Morgan fingerprint density at radius 3 is 2.76 bits per heavy atom. The largest absolute Gasteiger partial charge is 0.481 e. The second-order valence-electron chi connectivity index (χ2n) is 4.53. The molecule has 92 valence electrons. The summed E-state index contributed by atoms with van der Waals surface area (Å²) in [5, 5.41) is 12.3. The average Bonchev–Trinajstić information content (AvgIpc) is 2.32. The minimum absolute atomic E-state index is 0.245. The molecule has 0 aromatic heterocycles. The summed E-state index contributed by atoms with van der Waals surface area (Å²) >= 11 is 3.40. The maximum Gasteiger partial charge on any atom is 0.308 e. The molecule has 1 fully saturated rings. The van der Waals surface area contributed by atoms with Crippen molar-refractivity contribution < 1.29 is 9.90 Å². The molecule has 0 aliphatic carbocycles.